The molecule has 0 aliphatic rings. The van der Waals surface area contributed by atoms with Crippen molar-refractivity contribution in [2.45, 2.75) is 19.2 Å². The Balaban J connectivity index is 0. The van der Waals surface area contributed by atoms with Crippen molar-refractivity contribution in [3.05, 3.63) is 71.3 Å². The SMILES string of the molecule is CI.COc1cc(C)cnc1F.COc1cc(CBr)cnc1F.Cc1cnc(F)c(O)c1.[B]=NS. The van der Waals surface area contributed by atoms with Crippen molar-refractivity contribution in [1.29, 1.82) is 0 Å². The Kier molecular flexibility index (Phi) is 21.5. The van der Waals surface area contributed by atoms with E-state index in [9.17, 15) is 13.2 Å². The first-order valence-electron chi connectivity index (χ1n) is 9.27. The molecule has 3 aromatic heterocycles. The molecular weight excluding hydrogens is 663 g/mol. The molecular formula is C21H25BBrF3IN4O3S. The van der Waals surface area contributed by atoms with Crippen LogP contribution in [0.15, 0.2) is 41.1 Å². The predicted octanol–water partition coefficient (Wildman–Crippen LogP) is 6.13. The fourth-order valence-electron chi connectivity index (χ4n) is 1.89. The molecule has 0 fully saturated rings. The molecule has 1 radical (unpaired) electrons. The summed E-state index contributed by atoms with van der Waals surface area (Å²) in [5.41, 5.74) is 2.52. The first-order chi connectivity index (χ1) is 16.6. The number of thiol groups is 1. The molecule has 0 saturated heterocycles. The van der Waals surface area contributed by atoms with Crippen LogP contribution in [0.3, 0.4) is 0 Å². The first kappa shape index (κ1) is 35.2. The number of hydrogen-bond acceptors (Lipinski definition) is 8. The van der Waals surface area contributed by atoms with Gasteiger partial charge in [-0.3, -0.25) is 0 Å². The van der Waals surface area contributed by atoms with Gasteiger partial charge in [0, 0.05) is 23.9 Å². The zero-order chi connectivity index (χ0) is 27.4. The number of hydrogen-bond donors (Lipinski definition) is 2. The van der Waals surface area contributed by atoms with E-state index in [1.165, 1.54) is 38.9 Å². The third kappa shape index (κ3) is 15.6. The minimum atomic E-state index is -0.819. The molecule has 3 aromatic rings. The topological polar surface area (TPSA) is 89.7 Å². The molecule has 7 nitrogen and oxygen atoms in total. The molecule has 0 spiro atoms. The van der Waals surface area contributed by atoms with E-state index < -0.39 is 23.6 Å². The van der Waals surface area contributed by atoms with Crippen molar-refractivity contribution >= 4 is 59.0 Å². The van der Waals surface area contributed by atoms with E-state index in [1.807, 2.05) is 11.9 Å². The average molecular weight is 688 g/mol. The van der Waals surface area contributed by atoms with Crippen LogP contribution in [0.4, 0.5) is 13.2 Å². The van der Waals surface area contributed by atoms with Gasteiger partial charge >= 0.3 is 24.8 Å². The standard InChI is InChI=1S/C7H7BrFNO.C7H8FNO.C6H6FNO.CH3I.BHNS/c1-11-6-2-5(3-8)4-10-7(6)9;1-5-3-6(10-2)7(8)9-4-5;1-4-2-5(9)6(7)8-3-4;1-2;1-2-3/h2,4H,3H2,1H3;3-4H,1-2H3;2-3,9H,1H3;1H3;3H. The number of aromatic hydroxyl groups is 1. The molecule has 0 atom stereocenters. The monoisotopic (exact) mass is 687 g/mol. The van der Waals surface area contributed by atoms with Crippen LogP contribution in [0.1, 0.15) is 16.7 Å². The van der Waals surface area contributed by atoms with Crippen molar-refractivity contribution in [2.75, 3.05) is 19.2 Å². The Labute approximate surface area is 231 Å². The summed E-state index contributed by atoms with van der Waals surface area (Å²) in [7, 11) is 7.17. The number of aromatic nitrogens is 3. The number of halogens is 5. The van der Waals surface area contributed by atoms with Gasteiger partial charge in [0.25, 0.3) is 17.8 Å². The molecule has 14 heteroatoms. The first-order valence-corrected chi connectivity index (χ1v) is 12.9. The molecule has 1 N–H and O–H groups in total. The van der Waals surface area contributed by atoms with Gasteiger partial charge in [0.1, 0.15) is 0 Å². The van der Waals surface area contributed by atoms with Gasteiger partial charge in [0.05, 0.1) is 14.2 Å². The van der Waals surface area contributed by atoms with E-state index in [4.69, 9.17) is 9.84 Å². The number of aryl methyl sites for hydroxylation is 2. The van der Waals surface area contributed by atoms with Gasteiger partial charge in [-0.25, -0.2) is 15.0 Å². The van der Waals surface area contributed by atoms with Crippen molar-refractivity contribution in [1.82, 2.24) is 15.0 Å². The average Bonchev–Trinajstić information content (AvgIpc) is 2.86. The molecule has 191 valence electrons. The molecule has 0 unspecified atom stereocenters. The summed E-state index contributed by atoms with van der Waals surface area (Å²) in [6.07, 6.45) is 4.28. The Hall–Kier alpha value is -1.94. The van der Waals surface area contributed by atoms with Crippen molar-refractivity contribution in [3.8, 4) is 17.2 Å². The molecule has 0 aliphatic heterocycles. The summed E-state index contributed by atoms with van der Waals surface area (Å²) in [4.78, 5) is 12.2. The van der Waals surface area contributed by atoms with E-state index >= 15 is 0 Å². The normalized spacial score (nSPS) is 8.74. The number of nitrogens with zero attached hydrogens (tertiary/aromatic N) is 4. The van der Waals surface area contributed by atoms with Crippen molar-refractivity contribution < 1.29 is 27.8 Å². The zero-order valence-corrected chi connectivity index (χ0v) is 24.3. The van der Waals surface area contributed by atoms with Crippen LogP contribution in [-0.2, 0) is 5.33 Å². The molecule has 3 rings (SSSR count). The maximum absolute atomic E-state index is 12.7. The third-order valence-corrected chi connectivity index (χ3v) is 4.01. The Morgan fingerprint density at radius 1 is 0.914 bits per heavy atom. The summed E-state index contributed by atoms with van der Waals surface area (Å²) in [5.74, 6) is -1.97. The van der Waals surface area contributed by atoms with Gasteiger partial charge in [-0.2, -0.15) is 13.2 Å². The molecule has 0 amide bonds. The second-order valence-corrected chi connectivity index (χ2v) is 6.71. The van der Waals surface area contributed by atoms with E-state index in [0.717, 1.165) is 16.7 Å². The molecule has 0 aliphatic carbocycles. The third-order valence-electron chi connectivity index (χ3n) is 3.36. The quantitative estimate of drug-likeness (QED) is 0.113. The minimum absolute atomic E-state index is 0.182. The van der Waals surface area contributed by atoms with Gasteiger partial charge in [-0.1, -0.05) is 38.5 Å². The molecule has 3 heterocycles. The number of ether oxygens (including phenoxy) is 2. The molecule has 0 saturated carbocycles. The van der Waals surface area contributed by atoms with E-state index in [1.54, 1.807) is 19.1 Å². The second-order valence-electron chi connectivity index (χ2n) is 5.91. The Morgan fingerprint density at radius 3 is 1.69 bits per heavy atom. The van der Waals surface area contributed by atoms with Crippen LogP contribution in [0.5, 0.6) is 17.2 Å². The fraction of sp³-hybridized carbons (Fsp3) is 0.286. The summed E-state index contributed by atoms with van der Waals surface area (Å²) in [6, 6.07) is 4.53. The zero-order valence-electron chi connectivity index (χ0n) is 19.6. The van der Waals surface area contributed by atoms with Crippen LogP contribution in [0.2, 0.25) is 0 Å². The number of alkyl halides is 2. The van der Waals surface area contributed by atoms with Crippen molar-refractivity contribution in [2.24, 2.45) is 4.30 Å². The Morgan fingerprint density at radius 2 is 1.31 bits per heavy atom. The van der Waals surface area contributed by atoms with Gasteiger partial charge in [0.15, 0.2) is 17.2 Å². The van der Waals surface area contributed by atoms with Crippen LogP contribution < -0.4 is 9.47 Å². The summed E-state index contributed by atoms with van der Waals surface area (Å²) in [5, 5.41) is 9.31. The van der Waals surface area contributed by atoms with Gasteiger partial charge in [-0.15, -0.1) is 0 Å². The van der Waals surface area contributed by atoms with E-state index in [0.29, 0.717) is 5.33 Å². The van der Waals surface area contributed by atoms with Gasteiger partial charge in [0.2, 0.25) is 0 Å². The fourth-order valence-corrected chi connectivity index (χ4v) is 2.20. The van der Waals surface area contributed by atoms with E-state index in [-0.39, 0.29) is 11.5 Å². The maximum atomic E-state index is 12.7. The van der Waals surface area contributed by atoms with Crippen LogP contribution >= 0.6 is 51.3 Å². The molecule has 0 aromatic carbocycles. The van der Waals surface area contributed by atoms with Gasteiger partial charge < -0.3 is 14.6 Å². The summed E-state index contributed by atoms with van der Waals surface area (Å²) >= 11 is 8.57. The van der Waals surface area contributed by atoms with Crippen molar-refractivity contribution in [3.63, 3.8) is 0 Å². The summed E-state index contributed by atoms with van der Waals surface area (Å²) in [6.45, 7) is 3.56. The molecule has 0 bridgehead atoms. The van der Waals surface area contributed by atoms with E-state index in [2.05, 4.69) is 83.0 Å². The Bertz CT molecular complexity index is 1030. The predicted molar refractivity (Wildman–Crippen MR) is 147 cm³/mol. The van der Waals surface area contributed by atoms with Crippen LogP contribution in [0.25, 0.3) is 0 Å². The van der Waals surface area contributed by atoms with Crippen LogP contribution in [-0.4, -0.2) is 46.8 Å². The number of methoxy groups -OCH3 is 2. The number of pyridine rings is 3. The van der Waals surface area contributed by atoms with Gasteiger partial charge in [-0.05, 0) is 53.7 Å². The summed E-state index contributed by atoms with van der Waals surface area (Å²) < 4.78 is 49.4. The van der Waals surface area contributed by atoms with Crippen LogP contribution in [0, 0.1) is 31.7 Å². The molecule has 35 heavy (non-hydrogen) atoms. The number of rotatable bonds is 3. The second kappa shape index (κ2) is 21.4.